The molecule has 0 saturated heterocycles. The largest absolute Gasteiger partial charge is 0.462 e. The lowest BCUT2D eigenvalue weighted by Gasteiger charge is -2.29. The van der Waals surface area contributed by atoms with Gasteiger partial charge in [-0.2, -0.15) is 0 Å². The molecule has 30 heavy (non-hydrogen) atoms. The van der Waals surface area contributed by atoms with Crippen molar-refractivity contribution in [2.75, 3.05) is 18.5 Å². The lowest BCUT2D eigenvalue weighted by molar-refractivity contribution is 0.0531. The van der Waals surface area contributed by atoms with Crippen LogP contribution < -0.4 is 5.32 Å². The first-order chi connectivity index (χ1) is 14.5. The van der Waals surface area contributed by atoms with E-state index in [4.69, 9.17) is 9.72 Å². The highest BCUT2D eigenvalue weighted by Gasteiger charge is 2.22. The van der Waals surface area contributed by atoms with E-state index in [9.17, 15) is 4.79 Å². The van der Waals surface area contributed by atoms with Crippen molar-refractivity contribution >= 4 is 28.4 Å². The number of carbonyl (C=O) groups excluding carboxylic acids is 1. The minimum atomic E-state index is -0.348. The van der Waals surface area contributed by atoms with Crippen LogP contribution in [-0.4, -0.2) is 39.0 Å². The molecule has 7 nitrogen and oxygen atoms in total. The van der Waals surface area contributed by atoms with Crippen LogP contribution in [0, 0.1) is 13.8 Å². The highest BCUT2D eigenvalue weighted by Crippen LogP contribution is 2.27. The number of benzene rings is 1. The summed E-state index contributed by atoms with van der Waals surface area (Å²) in [5.41, 5.74) is 5.21. The Labute approximate surface area is 180 Å². The third kappa shape index (κ3) is 4.49. The van der Waals surface area contributed by atoms with Crippen molar-refractivity contribution in [3.8, 4) is 0 Å². The molecule has 156 valence electrons. The Morgan fingerprint density at radius 3 is 2.73 bits per heavy atom. The number of thiazole rings is 1. The summed E-state index contributed by atoms with van der Waals surface area (Å²) in [6.07, 6.45) is 0.942. The van der Waals surface area contributed by atoms with Crippen LogP contribution in [0.3, 0.4) is 0 Å². The molecule has 0 spiro atoms. The lowest BCUT2D eigenvalue weighted by Crippen LogP contribution is -2.31. The highest BCUT2D eigenvalue weighted by molar-refractivity contribution is 7.17. The average molecular weight is 424 g/mol. The van der Waals surface area contributed by atoms with Gasteiger partial charge in [-0.1, -0.05) is 41.7 Å². The van der Waals surface area contributed by atoms with Crippen molar-refractivity contribution in [1.29, 1.82) is 0 Å². The van der Waals surface area contributed by atoms with Crippen LogP contribution in [-0.2, 0) is 24.2 Å². The number of anilines is 2. The summed E-state index contributed by atoms with van der Waals surface area (Å²) in [5, 5.41) is 3.77. The maximum Gasteiger partial charge on any atom is 0.350 e. The van der Waals surface area contributed by atoms with Gasteiger partial charge < -0.3 is 10.1 Å². The molecule has 2 aromatic heterocycles. The molecule has 0 unspecified atom stereocenters. The zero-order valence-corrected chi connectivity index (χ0v) is 18.3. The molecule has 3 aromatic rings. The summed E-state index contributed by atoms with van der Waals surface area (Å²) in [6, 6.07) is 10.5. The van der Waals surface area contributed by atoms with Gasteiger partial charge in [0.2, 0.25) is 5.95 Å². The average Bonchev–Trinajstić information content (AvgIpc) is 3.09. The molecular formula is C22H25N5O2S. The highest BCUT2D eigenvalue weighted by atomic mass is 32.1. The van der Waals surface area contributed by atoms with E-state index >= 15 is 0 Å². The van der Waals surface area contributed by atoms with Gasteiger partial charge >= 0.3 is 5.97 Å². The number of aromatic nitrogens is 3. The second kappa shape index (κ2) is 8.89. The van der Waals surface area contributed by atoms with Gasteiger partial charge in [0.15, 0.2) is 5.13 Å². The number of hydrogen-bond donors (Lipinski definition) is 1. The first-order valence-corrected chi connectivity index (χ1v) is 10.9. The molecule has 0 bridgehead atoms. The molecule has 0 saturated carbocycles. The van der Waals surface area contributed by atoms with Gasteiger partial charge in [-0.3, -0.25) is 4.90 Å². The lowest BCUT2D eigenvalue weighted by atomic mass is 10.0. The monoisotopic (exact) mass is 423 g/mol. The molecule has 0 atom stereocenters. The summed E-state index contributed by atoms with van der Waals surface area (Å²) < 4.78 is 5.09. The fraction of sp³-hybridized carbons (Fsp3) is 0.364. The fourth-order valence-corrected chi connectivity index (χ4v) is 4.49. The van der Waals surface area contributed by atoms with Crippen LogP contribution in [0.15, 0.2) is 30.3 Å². The third-order valence-corrected chi connectivity index (χ3v) is 6.13. The standard InChI is InChI=1S/C22H25N5O2S/c1-4-29-20(28)19-15(3)24-22(30-19)26-21-23-14(2)17-10-11-27(13-18(17)25-21)12-16-8-6-5-7-9-16/h5-9H,4,10-13H2,1-3H3,(H,23,24,25,26). The van der Waals surface area contributed by atoms with Gasteiger partial charge in [-0.25, -0.2) is 19.7 Å². The van der Waals surface area contributed by atoms with E-state index in [1.54, 1.807) is 13.8 Å². The quantitative estimate of drug-likeness (QED) is 0.600. The maximum absolute atomic E-state index is 12.0. The Bertz CT molecular complexity index is 1050. The van der Waals surface area contributed by atoms with Crippen LogP contribution in [0.2, 0.25) is 0 Å². The first-order valence-electron chi connectivity index (χ1n) is 10.1. The van der Waals surface area contributed by atoms with Crippen LogP contribution in [0.25, 0.3) is 0 Å². The maximum atomic E-state index is 12.0. The fourth-order valence-electron chi connectivity index (χ4n) is 3.64. The molecule has 0 aliphatic carbocycles. The van der Waals surface area contributed by atoms with E-state index in [0.29, 0.717) is 28.3 Å². The van der Waals surface area contributed by atoms with Gasteiger partial charge in [-0.05, 0) is 38.3 Å². The molecule has 1 aromatic carbocycles. The SMILES string of the molecule is CCOC(=O)c1sc(Nc2nc(C)c3c(n2)CN(Cc2ccccc2)CC3)nc1C. The smallest absolute Gasteiger partial charge is 0.350 e. The second-order valence-electron chi connectivity index (χ2n) is 7.28. The topological polar surface area (TPSA) is 80.2 Å². The zero-order chi connectivity index (χ0) is 21.1. The molecule has 4 rings (SSSR count). The molecule has 1 aliphatic rings. The number of nitrogens with one attached hydrogen (secondary N) is 1. The Kier molecular flexibility index (Phi) is 6.06. The van der Waals surface area contributed by atoms with Crippen molar-refractivity contribution in [3.05, 3.63) is 63.4 Å². The molecule has 8 heteroatoms. The van der Waals surface area contributed by atoms with Crippen molar-refractivity contribution in [1.82, 2.24) is 19.9 Å². The first kappa shape index (κ1) is 20.4. The number of fused-ring (bicyclic) bond motifs is 1. The van der Waals surface area contributed by atoms with Crippen LogP contribution in [0.1, 0.15) is 44.8 Å². The number of ether oxygens (including phenoxy) is 1. The predicted molar refractivity (Wildman–Crippen MR) is 117 cm³/mol. The Morgan fingerprint density at radius 1 is 1.17 bits per heavy atom. The van der Waals surface area contributed by atoms with E-state index in [-0.39, 0.29) is 5.97 Å². The number of rotatable bonds is 6. The van der Waals surface area contributed by atoms with Gasteiger partial charge in [-0.15, -0.1) is 0 Å². The minimum absolute atomic E-state index is 0.339. The molecular weight excluding hydrogens is 398 g/mol. The number of esters is 1. The van der Waals surface area contributed by atoms with E-state index in [1.165, 1.54) is 22.5 Å². The predicted octanol–water partition coefficient (Wildman–Crippen LogP) is 4.03. The van der Waals surface area contributed by atoms with E-state index < -0.39 is 0 Å². The van der Waals surface area contributed by atoms with E-state index in [2.05, 4.69) is 44.5 Å². The Balaban J connectivity index is 1.51. The number of nitrogens with zero attached hydrogens (tertiary/aromatic N) is 4. The summed E-state index contributed by atoms with van der Waals surface area (Å²) >= 11 is 1.26. The minimum Gasteiger partial charge on any atom is -0.462 e. The third-order valence-electron chi connectivity index (χ3n) is 5.08. The number of aryl methyl sites for hydroxylation is 2. The summed E-state index contributed by atoms with van der Waals surface area (Å²) in [5.74, 6) is 0.164. The van der Waals surface area contributed by atoms with Crippen LogP contribution in [0.5, 0.6) is 0 Å². The van der Waals surface area contributed by atoms with Crippen LogP contribution in [0.4, 0.5) is 11.1 Å². The van der Waals surface area contributed by atoms with Gasteiger partial charge in [0.05, 0.1) is 18.0 Å². The normalized spacial score (nSPS) is 13.7. The number of hydrogen-bond acceptors (Lipinski definition) is 8. The molecule has 0 radical (unpaired) electrons. The zero-order valence-electron chi connectivity index (χ0n) is 17.4. The molecule has 1 N–H and O–H groups in total. The van der Waals surface area contributed by atoms with Gasteiger partial charge in [0, 0.05) is 25.3 Å². The molecule has 3 heterocycles. The summed E-state index contributed by atoms with van der Waals surface area (Å²) in [4.78, 5) is 28.8. The summed E-state index contributed by atoms with van der Waals surface area (Å²) in [6.45, 7) is 8.63. The van der Waals surface area contributed by atoms with Crippen molar-refractivity contribution in [3.63, 3.8) is 0 Å². The molecule has 0 fully saturated rings. The van der Waals surface area contributed by atoms with E-state index in [1.807, 2.05) is 13.0 Å². The Hall–Kier alpha value is -2.84. The molecule has 0 amide bonds. The molecule has 1 aliphatic heterocycles. The van der Waals surface area contributed by atoms with Crippen molar-refractivity contribution < 1.29 is 9.53 Å². The van der Waals surface area contributed by atoms with Crippen molar-refractivity contribution in [2.45, 2.75) is 40.3 Å². The van der Waals surface area contributed by atoms with Crippen LogP contribution >= 0.6 is 11.3 Å². The second-order valence-corrected chi connectivity index (χ2v) is 8.28. The number of carbonyl (C=O) groups is 1. The van der Waals surface area contributed by atoms with Crippen molar-refractivity contribution in [2.24, 2.45) is 0 Å². The summed E-state index contributed by atoms with van der Waals surface area (Å²) in [7, 11) is 0. The van der Waals surface area contributed by atoms with Gasteiger partial charge in [0.1, 0.15) is 4.88 Å². The van der Waals surface area contributed by atoms with E-state index in [0.717, 1.165) is 37.4 Å². The van der Waals surface area contributed by atoms with Gasteiger partial charge in [0.25, 0.3) is 0 Å². The Morgan fingerprint density at radius 2 is 1.97 bits per heavy atom.